The molecule has 0 radical (unpaired) electrons. The van der Waals surface area contributed by atoms with Gasteiger partial charge >= 0.3 is 0 Å². The summed E-state index contributed by atoms with van der Waals surface area (Å²) in [6, 6.07) is 13.5. The lowest BCUT2D eigenvalue weighted by atomic mass is 9.88. The SMILES string of the molecule is O=C(Nc1ccc(Nc2ccc3c(c2)OCO3)cc1)C1CCCCC1. The molecule has 1 heterocycles. The molecule has 4 rings (SSSR count). The second kappa shape index (κ2) is 7.05. The molecule has 2 aliphatic rings. The first-order chi connectivity index (χ1) is 12.3. The lowest BCUT2D eigenvalue weighted by molar-refractivity contribution is -0.120. The summed E-state index contributed by atoms with van der Waals surface area (Å²) in [4.78, 5) is 12.3. The highest BCUT2D eigenvalue weighted by Crippen LogP contribution is 2.35. The number of amides is 1. The van der Waals surface area contributed by atoms with Crippen molar-refractivity contribution >= 4 is 23.0 Å². The fourth-order valence-corrected chi connectivity index (χ4v) is 3.39. The van der Waals surface area contributed by atoms with Crippen LogP contribution in [0.3, 0.4) is 0 Å². The summed E-state index contributed by atoms with van der Waals surface area (Å²) in [6.45, 7) is 0.272. The van der Waals surface area contributed by atoms with Crippen LogP contribution in [-0.2, 0) is 4.79 Å². The molecule has 0 saturated heterocycles. The maximum atomic E-state index is 12.3. The maximum Gasteiger partial charge on any atom is 0.231 e. The number of anilines is 3. The van der Waals surface area contributed by atoms with Gasteiger partial charge in [0.1, 0.15) is 0 Å². The van der Waals surface area contributed by atoms with E-state index in [0.717, 1.165) is 54.2 Å². The van der Waals surface area contributed by atoms with E-state index in [1.54, 1.807) is 0 Å². The van der Waals surface area contributed by atoms with Gasteiger partial charge in [-0.3, -0.25) is 4.79 Å². The van der Waals surface area contributed by atoms with Crippen LogP contribution in [0.4, 0.5) is 17.1 Å². The van der Waals surface area contributed by atoms with Gasteiger partial charge < -0.3 is 20.1 Å². The van der Waals surface area contributed by atoms with Gasteiger partial charge in [0.15, 0.2) is 11.5 Å². The molecule has 0 atom stereocenters. The van der Waals surface area contributed by atoms with Gasteiger partial charge in [-0.25, -0.2) is 0 Å². The Hall–Kier alpha value is -2.69. The summed E-state index contributed by atoms with van der Waals surface area (Å²) < 4.78 is 10.7. The van der Waals surface area contributed by atoms with E-state index in [2.05, 4.69) is 10.6 Å². The number of hydrogen-bond acceptors (Lipinski definition) is 4. The van der Waals surface area contributed by atoms with Crippen LogP contribution in [0, 0.1) is 5.92 Å². The van der Waals surface area contributed by atoms with Crippen molar-refractivity contribution in [1.29, 1.82) is 0 Å². The topological polar surface area (TPSA) is 59.6 Å². The molecule has 2 aromatic carbocycles. The van der Waals surface area contributed by atoms with Crippen molar-refractivity contribution < 1.29 is 14.3 Å². The minimum atomic E-state index is 0.149. The molecule has 25 heavy (non-hydrogen) atoms. The highest BCUT2D eigenvalue weighted by Gasteiger charge is 2.21. The Kier molecular flexibility index (Phi) is 4.46. The molecule has 0 spiro atoms. The van der Waals surface area contributed by atoms with Crippen molar-refractivity contribution in [3.05, 3.63) is 42.5 Å². The summed E-state index contributed by atoms with van der Waals surface area (Å²) >= 11 is 0. The fourth-order valence-electron chi connectivity index (χ4n) is 3.39. The molecule has 1 amide bonds. The van der Waals surface area contributed by atoms with Crippen molar-refractivity contribution in [3.63, 3.8) is 0 Å². The van der Waals surface area contributed by atoms with Crippen LogP contribution in [0.2, 0.25) is 0 Å². The molecule has 5 nitrogen and oxygen atoms in total. The largest absolute Gasteiger partial charge is 0.454 e. The first-order valence-electron chi connectivity index (χ1n) is 8.85. The summed E-state index contributed by atoms with van der Waals surface area (Å²) in [5, 5.41) is 6.36. The molecule has 0 bridgehead atoms. The number of carbonyl (C=O) groups is 1. The van der Waals surface area contributed by atoms with E-state index in [9.17, 15) is 4.79 Å². The van der Waals surface area contributed by atoms with E-state index in [1.807, 2.05) is 42.5 Å². The highest BCUT2D eigenvalue weighted by molar-refractivity contribution is 5.92. The average Bonchev–Trinajstić information content (AvgIpc) is 3.12. The van der Waals surface area contributed by atoms with Crippen LogP contribution >= 0.6 is 0 Å². The van der Waals surface area contributed by atoms with E-state index in [4.69, 9.17) is 9.47 Å². The van der Waals surface area contributed by atoms with Crippen molar-refractivity contribution in [2.75, 3.05) is 17.4 Å². The number of hydrogen-bond donors (Lipinski definition) is 2. The van der Waals surface area contributed by atoms with Crippen LogP contribution in [0.5, 0.6) is 11.5 Å². The Morgan fingerprint density at radius 1 is 0.840 bits per heavy atom. The number of benzene rings is 2. The van der Waals surface area contributed by atoms with E-state index in [1.165, 1.54) is 6.42 Å². The van der Waals surface area contributed by atoms with Gasteiger partial charge in [0.25, 0.3) is 0 Å². The quantitative estimate of drug-likeness (QED) is 0.850. The third-order valence-electron chi connectivity index (χ3n) is 4.79. The van der Waals surface area contributed by atoms with Crippen molar-refractivity contribution in [2.24, 2.45) is 5.92 Å². The molecule has 2 aromatic rings. The molecular formula is C20H22N2O3. The number of ether oxygens (including phenoxy) is 2. The van der Waals surface area contributed by atoms with E-state index in [-0.39, 0.29) is 18.6 Å². The summed E-state index contributed by atoms with van der Waals surface area (Å²) in [5.41, 5.74) is 2.73. The zero-order valence-electron chi connectivity index (χ0n) is 14.1. The lowest BCUT2D eigenvalue weighted by Crippen LogP contribution is -2.24. The van der Waals surface area contributed by atoms with Crippen molar-refractivity contribution in [1.82, 2.24) is 0 Å². The van der Waals surface area contributed by atoms with Crippen LogP contribution in [-0.4, -0.2) is 12.7 Å². The van der Waals surface area contributed by atoms with Gasteiger partial charge in [-0.15, -0.1) is 0 Å². The number of carbonyl (C=O) groups excluding carboxylic acids is 1. The monoisotopic (exact) mass is 338 g/mol. The second-order valence-corrected chi connectivity index (χ2v) is 6.59. The number of nitrogens with one attached hydrogen (secondary N) is 2. The smallest absolute Gasteiger partial charge is 0.231 e. The molecule has 1 aliphatic heterocycles. The Labute approximate surface area is 147 Å². The van der Waals surface area contributed by atoms with Gasteiger partial charge in [-0.1, -0.05) is 19.3 Å². The summed E-state index contributed by atoms with van der Waals surface area (Å²) in [6.07, 6.45) is 5.60. The molecule has 5 heteroatoms. The van der Waals surface area contributed by atoms with Crippen molar-refractivity contribution in [2.45, 2.75) is 32.1 Å². The zero-order valence-corrected chi connectivity index (χ0v) is 14.1. The predicted octanol–water partition coefficient (Wildman–Crippen LogP) is 4.68. The molecule has 0 aromatic heterocycles. The zero-order chi connectivity index (χ0) is 17.1. The standard InChI is InChI=1S/C20H22N2O3/c23-20(14-4-2-1-3-5-14)22-16-8-6-15(7-9-16)21-17-10-11-18-19(12-17)25-13-24-18/h6-12,14,21H,1-5,13H2,(H,22,23). The third kappa shape index (κ3) is 3.71. The summed E-state index contributed by atoms with van der Waals surface area (Å²) in [5.74, 6) is 1.84. The van der Waals surface area contributed by atoms with Crippen LogP contribution < -0.4 is 20.1 Å². The van der Waals surface area contributed by atoms with Crippen LogP contribution in [0.25, 0.3) is 0 Å². The molecule has 0 unspecified atom stereocenters. The van der Waals surface area contributed by atoms with Gasteiger partial charge in [0.05, 0.1) is 0 Å². The van der Waals surface area contributed by atoms with Crippen molar-refractivity contribution in [3.8, 4) is 11.5 Å². The first kappa shape index (κ1) is 15.8. The Bertz CT molecular complexity index is 752. The Balaban J connectivity index is 1.37. The van der Waals surface area contributed by atoms with Gasteiger partial charge in [-0.05, 0) is 49.2 Å². The lowest BCUT2D eigenvalue weighted by Gasteiger charge is -2.20. The molecule has 1 aliphatic carbocycles. The third-order valence-corrected chi connectivity index (χ3v) is 4.79. The fraction of sp³-hybridized carbons (Fsp3) is 0.350. The van der Waals surface area contributed by atoms with Crippen LogP contribution in [0.1, 0.15) is 32.1 Å². The predicted molar refractivity (Wildman–Crippen MR) is 97.5 cm³/mol. The number of fused-ring (bicyclic) bond motifs is 1. The first-order valence-corrected chi connectivity index (χ1v) is 8.85. The second-order valence-electron chi connectivity index (χ2n) is 6.59. The molecular weight excluding hydrogens is 316 g/mol. The van der Waals surface area contributed by atoms with Gasteiger partial charge in [0.2, 0.25) is 12.7 Å². The minimum Gasteiger partial charge on any atom is -0.454 e. The molecule has 1 fully saturated rings. The molecule has 2 N–H and O–H groups in total. The summed E-state index contributed by atoms with van der Waals surface area (Å²) in [7, 11) is 0. The Morgan fingerprint density at radius 2 is 1.52 bits per heavy atom. The maximum absolute atomic E-state index is 12.3. The van der Waals surface area contributed by atoms with E-state index in [0.29, 0.717) is 0 Å². The minimum absolute atomic E-state index is 0.149. The van der Waals surface area contributed by atoms with E-state index < -0.39 is 0 Å². The number of rotatable bonds is 4. The average molecular weight is 338 g/mol. The van der Waals surface area contributed by atoms with E-state index >= 15 is 0 Å². The normalized spacial score (nSPS) is 16.5. The Morgan fingerprint density at radius 3 is 2.32 bits per heavy atom. The highest BCUT2D eigenvalue weighted by atomic mass is 16.7. The van der Waals surface area contributed by atoms with Gasteiger partial charge in [-0.2, -0.15) is 0 Å². The molecule has 1 saturated carbocycles. The van der Waals surface area contributed by atoms with Gasteiger partial charge in [0, 0.05) is 29.0 Å². The molecule has 130 valence electrons. The van der Waals surface area contributed by atoms with Crippen LogP contribution in [0.15, 0.2) is 42.5 Å².